The van der Waals surface area contributed by atoms with Gasteiger partial charge in [0.1, 0.15) is 11.5 Å². The van der Waals surface area contributed by atoms with E-state index in [2.05, 4.69) is 10.6 Å². The van der Waals surface area contributed by atoms with Gasteiger partial charge < -0.3 is 15.4 Å². The van der Waals surface area contributed by atoms with Crippen molar-refractivity contribution in [1.82, 2.24) is 0 Å². The minimum Gasteiger partial charge on any atom is -0.495 e. The lowest BCUT2D eigenvalue weighted by atomic mass is 10.1. The van der Waals surface area contributed by atoms with Crippen LogP contribution in [-0.2, 0) is 9.59 Å². The van der Waals surface area contributed by atoms with Crippen LogP contribution in [0.1, 0.15) is 23.7 Å². The molecule has 0 fully saturated rings. The van der Waals surface area contributed by atoms with E-state index in [0.29, 0.717) is 22.7 Å². The topological polar surface area (TPSA) is 84.5 Å². The molecule has 0 atom stereocenters. The van der Waals surface area contributed by atoms with Crippen molar-refractivity contribution in [2.75, 3.05) is 17.7 Å². The number of ether oxygens (including phenoxy) is 1. The van der Waals surface area contributed by atoms with Crippen LogP contribution in [0.4, 0.5) is 11.4 Å². The molecule has 0 aromatic heterocycles. The lowest BCUT2D eigenvalue weighted by Gasteiger charge is -2.12. The van der Waals surface area contributed by atoms with Crippen LogP contribution in [0.3, 0.4) is 0 Å². The predicted octanol–water partition coefficient (Wildman–Crippen LogP) is 2.87. The zero-order chi connectivity index (χ0) is 17.5. The molecular formula is C18H18N2O4. The van der Waals surface area contributed by atoms with Gasteiger partial charge in [0, 0.05) is 11.3 Å². The molecule has 0 aliphatic heterocycles. The summed E-state index contributed by atoms with van der Waals surface area (Å²) < 4.78 is 5.17. The number of hydrogen-bond acceptors (Lipinski definition) is 4. The van der Waals surface area contributed by atoms with Crippen LogP contribution in [0.2, 0.25) is 0 Å². The van der Waals surface area contributed by atoms with Crippen LogP contribution in [-0.4, -0.2) is 24.7 Å². The van der Waals surface area contributed by atoms with E-state index >= 15 is 0 Å². The van der Waals surface area contributed by atoms with E-state index in [0.717, 1.165) is 0 Å². The SMILES string of the molecule is COc1ccc(C(=O)Nc2ccccc2)cc1NC(=O)CC(C)=O. The zero-order valence-corrected chi connectivity index (χ0v) is 13.5. The van der Waals surface area contributed by atoms with Crippen molar-refractivity contribution < 1.29 is 19.1 Å². The molecule has 0 saturated carbocycles. The molecule has 2 N–H and O–H groups in total. The molecule has 2 aromatic rings. The number of rotatable bonds is 6. The minimum absolute atomic E-state index is 0.233. The Labute approximate surface area is 139 Å². The van der Waals surface area contributed by atoms with Gasteiger partial charge in [0.05, 0.1) is 19.2 Å². The zero-order valence-electron chi connectivity index (χ0n) is 13.5. The van der Waals surface area contributed by atoms with Gasteiger partial charge in [-0.2, -0.15) is 0 Å². The fraction of sp³-hybridized carbons (Fsp3) is 0.167. The third-order valence-corrected chi connectivity index (χ3v) is 3.18. The smallest absolute Gasteiger partial charge is 0.255 e. The summed E-state index contributed by atoms with van der Waals surface area (Å²) in [4.78, 5) is 35.1. The van der Waals surface area contributed by atoms with E-state index < -0.39 is 5.91 Å². The number of benzene rings is 2. The molecule has 2 amide bonds. The number of amides is 2. The average molecular weight is 326 g/mol. The Bertz CT molecular complexity index is 757. The first kappa shape index (κ1) is 17.2. The second-order valence-corrected chi connectivity index (χ2v) is 5.16. The summed E-state index contributed by atoms with van der Waals surface area (Å²) >= 11 is 0. The van der Waals surface area contributed by atoms with Crippen molar-refractivity contribution in [1.29, 1.82) is 0 Å². The lowest BCUT2D eigenvalue weighted by Crippen LogP contribution is -2.17. The first-order chi connectivity index (χ1) is 11.5. The van der Waals surface area contributed by atoms with E-state index in [1.165, 1.54) is 20.1 Å². The first-order valence-corrected chi connectivity index (χ1v) is 7.33. The maximum atomic E-state index is 12.3. The van der Waals surface area contributed by atoms with E-state index in [9.17, 15) is 14.4 Å². The second kappa shape index (κ2) is 7.92. The molecule has 0 aliphatic rings. The number of hydrogen-bond donors (Lipinski definition) is 2. The van der Waals surface area contributed by atoms with Crippen LogP contribution >= 0.6 is 0 Å². The molecule has 0 heterocycles. The van der Waals surface area contributed by atoms with Gasteiger partial charge in [0.2, 0.25) is 5.91 Å². The van der Waals surface area contributed by atoms with Crippen LogP contribution in [0.15, 0.2) is 48.5 Å². The number of para-hydroxylation sites is 1. The van der Waals surface area contributed by atoms with Gasteiger partial charge in [-0.1, -0.05) is 18.2 Å². The van der Waals surface area contributed by atoms with Crippen molar-refractivity contribution in [3.63, 3.8) is 0 Å². The largest absolute Gasteiger partial charge is 0.495 e. The summed E-state index contributed by atoms with van der Waals surface area (Å²) in [5.41, 5.74) is 1.36. The van der Waals surface area contributed by atoms with Gasteiger partial charge in [0.25, 0.3) is 5.91 Å². The molecule has 124 valence electrons. The first-order valence-electron chi connectivity index (χ1n) is 7.33. The Morgan fingerprint density at radius 1 is 1.00 bits per heavy atom. The molecule has 0 saturated heterocycles. The fourth-order valence-corrected chi connectivity index (χ4v) is 2.09. The number of carbonyl (C=O) groups excluding carboxylic acids is 3. The standard InChI is InChI=1S/C18H18N2O4/c1-12(21)10-17(22)20-15-11-13(8-9-16(15)24-2)18(23)19-14-6-4-3-5-7-14/h3-9,11H,10H2,1-2H3,(H,19,23)(H,20,22). The average Bonchev–Trinajstić information content (AvgIpc) is 2.55. The van der Waals surface area contributed by atoms with Gasteiger partial charge in [-0.15, -0.1) is 0 Å². The van der Waals surface area contributed by atoms with Gasteiger partial charge in [-0.25, -0.2) is 0 Å². The maximum Gasteiger partial charge on any atom is 0.255 e. The van der Waals surface area contributed by atoms with E-state index in [-0.39, 0.29) is 18.1 Å². The normalized spacial score (nSPS) is 9.92. The number of anilines is 2. The van der Waals surface area contributed by atoms with Gasteiger partial charge in [-0.3, -0.25) is 14.4 Å². The highest BCUT2D eigenvalue weighted by Crippen LogP contribution is 2.26. The molecule has 24 heavy (non-hydrogen) atoms. The predicted molar refractivity (Wildman–Crippen MR) is 91.3 cm³/mol. The number of ketones is 1. The summed E-state index contributed by atoms with van der Waals surface area (Å²) in [6, 6.07) is 13.7. The quantitative estimate of drug-likeness (QED) is 0.799. The van der Waals surface area contributed by atoms with Gasteiger partial charge in [0.15, 0.2) is 0 Å². The van der Waals surface area contributed by atoms with Crippen molar-refractivity contribution in [3.8, 4) is 5.75 Å². The summed E-state index contributed by atoms with van der Waals surface area (Å²) in [5, 5.41) is 5.35. The lowest BCUT2D eigenvalue weighted by molar-refractivity contribution is -0.124. The number of carbonyl (C=O) groups is 3. The van der Waals surface area contributed by atoms with E-state index in [1.807, 2.05) is 18.2 Å². The summed E-state index contributed by atoms with van der Waals surface area (Å²) in [6.07, 6.45) is -0.233. The monoisotopic (exact) mass is 326 g/mol. The molecule has 2 rings (SSSR count). The maximum absolute atomic E-state index is 12.3. The molecule has 0 spiro atoms. The molecule has 0 bridgehead atoms. The highest BCUT2D eigenvalue weighted by molar-refractivity contribution is 6.07. The van der Waals surface area contributed by atoms with Crippen LogP contribution < -0.4 is 15.4 Å². The van der Waals surface area contributed by atoms with Crippen LogP contribution in [0.25, 0.3) is 0 Å². The molecule has 0 radical (unpaired) electrons. The Morgan fingerprint density at radius 2 is 1.71 bits per heavy atom. The third-order valence-electron chi connectivity index (χ3n) is 3.18. The van der Waals surface area contributed by atoms with Crippen molar-refractivity contribution in [2.45, 2.75) is 13.3 Å². The molecule has 2 aromatic carbocycles. The van der Waals surface area contributed by atoms with Crippen molar-refractivity contribution in [3.05, 3.63) is 54.1 Å². The van der Waals surface area contributed by atoms with E-state index in [1.54, 1.807) is 24.3 Å². The van der Waals surface area contributed by atoms with Crippen LogP contribution in [0.5, 0.6) is 5.75 Å². The Morgan fingerprint density at radius 3 is 2.33 bits per heavy atom. The molecule has 0 aliphatic carbocycles. The Kier molecular flexibility index (Phi) is 5.68. The third kappa shape index (κ3) is 4.67. The van der Waals surface area contributed by atoms with Gasteiger partial charge in [-0.05, 0) is 37.3 Å². The second-order valence-electron chi connectivity index (χ2n) is 5.16. The molecule has 6 nitrogen and oxygen atoms in total. The summed E-state index contributed by atoms with van der Waals surface area (Å²) in [7, 11) is 1.46. The number of nitrogens with one attached hydrogen (secondary N) is 2. The number of methoxy groups -OCH3 is 1. The van der Waals surface area contributed by atoms with Gasteiger partial charge >= 0.3 is 0 Å². The number of Topliss-reactive ketones (excluding diaryl/α,β-unsaturated/α-hetero) is 1. The van der Waals surface area contributed by atoms with E-state index in [4.69, 9.17) is 4.74 Å². The Hall–Kier alpha value is -3.15. The Balaban J connectivity index is 2.19. The highest BCUT2D eigenvalue weighted by Gasteiger charge is 2.13. The van der Waals surface area contributed by atoms with Crippen molar-refractivity contribution in [2.24, 2.45) is 0 Å². The molecule has 0 unspecified atom stereocenters. The molecular weight excluding hydrogens is 308 g/mol. The summed E-state index contributed by atoms with van der Waals surface area (Å²) in [6.45, 7) is 1.33. The molecule has 6 heteroatoms. The fourth-order valence-electron chi connectivity index (χ4n) is 2.09. The minimum atomic E-state index is -0.457. The van der Waals surface area contributed by atoms with Crippen molar-refractivity contribution >= 4 is 29.0 Å². The highest BCUT2D eigenvalue weighted by atomic mass is 16.5. The van der Waals surface area contributed by atoms with Crippen LogP contribution in [0, 0.1) is 0 Å². The summed E-state index contributed by atoms with van der Waals surface area (Å²) in [5.74, 6) is -0.611.